The van der Waals surface area contributed by atoms with Crippen LogP contribution in [0.15, 0.2) is 12.4 Å². The van der Waals surface area contributed by atoms with E-state index < -0.39 is 0 Å². The summed E-state index contributed by atoms with van der Waals surface area (Å²) >= 11 is 0. The molecule has 1 rings (SSSR count). The maximum Gasteiger partial charge on any atom is 0.115 e. The van der Waals surface area contributed by atoms with E-state index in [1.165, 1.54) is 6.33 Å². The number of rotatable bonds is 3. The summed E-state index contributed by atoms with van der Waals surface area (Å²) < 4.78 is 0. The van der Waals surface area contributed by atoms with E-state index in [0.717, 1.165) is 17.8 Å². The van der Waals surface area contributed by atoms with Gasteiger partial charge in [-0.1, -0.05) is 6.92 Å². The maximum atomic E-state index is 7.08. The summed E-state index contributed by atoms with van der Waals surface area (Å²) in [4.78, 5) is 8.04. The molecule has 0 amide bonds. The van der Waals surface area contributed by atoms with Crippen LogP contribution in [0.3, 0.4) is 0 Å². The Morgan fingerprint density at radius 1 is 1.50 bits per heavy atom. The second kappa shape index (κ2) is 3.80. The second-order valence-electron chi connectivity index (χ2n) is 2.56. The van der Waals surface area contributed by atoms with Gasteiger partial charge in [0.2, 0.25) is 0 Å². The first-order chi connectivity index (χ1) is 5.72. The van der Waals surface area contributed by atoms with E-state index in [-0.39, 0.29) is 5.84 Å². The molecule has 0 bridgehead atoms. The van der Waals surface area contributed by atoms with E-state index >= 15 is 0 Å². The van der Waals surface area contributed by atoms with E-state index in [4.69, 9.17) is 11.1 Å². The molecule has 0 saturated carbocycles. The van der Waals surface area contributed by atoms with Crippen LogP contribution in [0.1, 0.15) is 18.3 Å². The molecule has 0 aromatic carbocycles. The summed E-state index contributed by atoms with van der Waals surface area (Å²) in [5, 5.41) is 7.08. The molecule has 0 aliphatic heterocycles. The smallest absolute Gasteiger partial charge is 0.115 e. The number of hydrogen-bond acceptors (Lipinski definition) is 3. The van der Waals surface area contributed by atoms with Gasteiger partial charge in [0, 0.05) is 12.1 Å². The van der Waals surface area contributed by atoms with Crippen molar-refractivity contribution in [2.24, 2.45) is 5.73 Å². The fourth-order valence-corrected chi connectivity index (χ4v) is 0.929. The average Bonchev–Trinajstić information content (AvgIpc) is 2.03. The third kappa shape index (κ3) is 2.30. The SMILES string of the molecule is CCc1cc(CC(=N)N)ncn1. The fraction of sp³-hybridized carbons (Fsp3) is 0.375. The van der Waals surface area contributed by atoms with Gasteiger partial charge < -0.3 is 5.73 Å². The summed E-state index contributed by atoms with van der Waals surface area (Å²) in [6.07, 6.45) is 2.81. The molecule has 0 spiro atoms. The van der Waals surface area contributed by atoms with Crippen LogP contribution in [0.25, 0.3) is 0 Å². The lowest BCUT2D eigenvalue weighted by Crippen LogP contribution is -2.14. The molecule has 4 nitrogen and oxygen atoms in total. The molecule has 1 aromatic rings. The van der Waals surface area contributed by atoms with Gasteiger partial charge in [-0.2, -0.15) is 0 Å². The second-order valence-corrected chi connectivity index (χ2v) is 2.56. The highest BCUT2D eigenvalue weighted by atomic mass is 14.8. The lowest BCUT2D eigenvalue weighted by molar-refractivity contribution is 0.960. The minimum atomic E-state index is 0.135. The zero-order chi connectivity index (χ0) is 8.97. The summed E-state index contributed by atoms with van der Waals surface area (Å²) in [6.45, 7) is 2.03. The predicted molar refractivity (Wildman–Crippen MR) is 47.0 cm³/mol. The lowest BCUT2D eigenvalue weighted by atomic mass is 10.2. The zero-order valence-corrected chi connectivity index (χ0v) is 7.04. The molecular weight excluding hydrogens is 152 g/mol. The Balaban J connectivity index is 2.79. The molecule has 1 heterocycles. The van der Waals surface area contributed by atoms with Gasteiger partial charge in [-0.3, -0.25) is 5.41 Å². The molecule has 0 aliphatic rings. The molecule has 0 aliphatic carbocycles. The number of nitrogens with two attached hydrogens (primary N) is 1. The topological polar surface area (TPSA) is 75.7 Å². The molecule has 0 radical (unpaired) electrons. The summed E-state index contributed by atoms with van der Waals surface area (Å²) in [6, 6.07) is 1.88. The van der Waals surface area contributed by atoms with Gasteiger partial charge in [-0.25, -0.2) is 9.97 Å². The molecule has 0 saturated heterocycles. The molecule has 0 unspecified atom stereocenters. The van der Waals surface area contributed by atoms with Crippen molar-refractivity contribution in [3.8, 4) is 0 Å². The van der Waals surface area contributed by atoms with Crippen LogP contribution >= 0.6 is 0 Å². The summed E-state index contributed by atoms with van der Waals surface area (Å²) in [7, 11) is 0. The quantitative estimate of drug-likeness (QED) is 0.505. The van der Waals surface area contributed by atoms with Crippen molar-refractivity contribution in [1.82, 2.24) is 9.97 Å². The van der Waals surface area contributed by atoms with Crippen molar-refractivity contribution in [2.75, 3.05) is 0 Å². The monoisotopic (exact) mass is 164 g/mol. The van der Waals surface area contributed by atoms with Gasteiger partial charge in [0.1, 0.15) is 6.33 Å². The van der Waals surface area contributed by atoms with Crippen molar-refractivity contribution in [3.05, 3.63) is 23.8 Å². The first-order valence-electron chi connectivity index (χ1n) is 3.85. The Kier molecular flexibility index (Phi) is 2.74. The van der Waals surface area contributed by atoms with Crippen molar-refractivity contribution in [1.29, 1.82) is 5.41 Å². The first-order valence-corrected chi connectivity index (χ1v) is 3.85. The highest BCUT2D eigenvalue weighted by Crippen LogP contribution is 1.99. The van der Waals surface area contributed by atoms with E-state index in [9.17, 15) is 0 Å². The minimum Gasteiger partial charge on any atom is -0.387 e. The van der Waals surface area contributed by atoms with Gasteiger partial charge in [0.25, 0.3) is 0 Å². The molecular formula is C8H12N4. The van der Waals surface area contributed by atoms with Crippen LogP contribution in [0.2, 0.25) is 0 Å². The van der Waals surface area contributed by atoms with Crippen molar-refractivity contribution in [2.45, 2.75) is 19.8 Å². The number of nitrogens with one attached hydrogen (secondary N) is 1. The minimum absolute atomic E-state index is 0.135. The summed E-state index contributed by atoms with van der Waals surface area (Å²) in [5.74, 6) is 0.135. The average molecular weight is 164 g/mol. The molecule has 12 heavy (non-hydrogen) atoms. The van der Waals surface area contributed by atoms with Gasteiger partial charge >= 0.3 is 0 Å². The Morgan fingerprint density at radius 2 is 2.17 bits per heavy atom. The van der Waals surface area contributed by atoms with Crippen molar-refractivity contribution >= 4 is 5.84 Å². The lowest BCUT2D eigenvalue weighted by Gasteiger charge is -1.99. The number of amidine groups is 1. The fourth-order valence-electron chi connectivity index (χ4n) is 0.929. The van der Waals surface area contributed by atoms with E-state index in [0.29, 0.717) is 6.42 Å². The van der Waals surface area contributed by atoms with Crippen LogP contribution < -0.4 is 5.73 Å². The summed E-state index contributed by atoms with van der Waals surface area (Å²) in [5.41, 5.74) is 7.04. The van der Waals surface area contributed by atoms with Crippen LogP contribution in [0, 0.1) is 5.41 Å². The van der Waals surface area contributed by atoms with Crippen LogP contribution in [0.5, 0.6) is 0 Å². The van der Waals surface area contributed by atoms with E-state index in [1.807, 2.05) is 13.0 Å². The number of nitrogens with zero attached hydrogens (tertiary/aromatic N) is 2. The molecule has 0 atom stereocenters. The van der Waals surface area contributed by atoms with Gasteiger partial charge in [-0.15, -0.1) is 0 Å². The third-order valence-electron chi connectivity index (χ3n) is 1.51. The van der Waals surface area contributed by atoms with Gasteiger partial charge in [0.05, 0.1) is 11.5 Å². The van der Waals surface area contributed by atoms with Gasteiger partial charge in [0.15, 0.2) is 0 Å². The number of aryl methyl sites for hydroxylation is 1. The first kappa shape index (κ1) is 8.64. The Bertz CT molecular complexity index is 282. The van der Waals surface area contributed by atoms with E-state index in [2.05, 4.69) is 9.97 Å². The highest BCUT2D eigenvalue weighted by Gasteiger charge is 1.98. The Labute approximate surface area is 71.4 Å². The molecule has 64 valence electrons. The zero-order valence-electron chi connectivity index (χ0n) is 7.04. The predicted octanol–water partition coefficient (Wildman–Crippen LogP) is 0.517. The number of hydrogen-bond donors (Lipinski definition) is 2. The largest absolute Gasteiger partial charge is 0.387 e. The third-order valence-corrected chi connectivity index (χ3v) is 1.51. The standard InChI is InChI=1S/C8H12N4/c1-2-6-3-7(4-8(9)10)12-5-11-6/h3,5H,2,4H2,1H3,(H3,9,10). The van der Waals surface area contributed by atoms with E-state index in [1.54, 1.807) is 0 Å². The maximum absolute atomic E-state index is 7.08. The Morgan fingerprint density at radius 3 is 2.75 bits per heavy atom. The highest BCUT2D eigenvalue weighted by molar-refractivity contribution is 5.78. The normalized spacial score (nSPS) is 9.75. The van der Waals surface area contributed by atoms with Gasteiger partial charge in [-0.05, 0) is 12.5 Å². The van der Waals surface area contributed by atoms with Crippen LogP contribution in [0.4, 0.5) is 0 Å². The molecule has 1 aromatic heterocycles. The van der Waals surface area contributed by atoms with Crippen LogP contribution in [-0.2, 0) is 12.8 Å². The molecule has 0 fully saturated rings. The molecule has 4 heteroatoms. The van der Waals surface area contributed by atoms with Crippen molar-refractivity contribution < 1.29 is 0 Å². The number of aromatic nitrogens is 2. The van der Waals surface area contributed by atoms with Crippen molar-refractivity contribution in [3.63, 3.8) is 0 Å². The van der Waals surface area contributed by atoms with Crippen LogP contribution in [-0.4, -0.2) is 15.8 Å². The Hall–Kier alpha value is -1.45. The molecule has 3 N–H and O–H groups in total.